The molecular weight excluding hydrogens is 296 g/mol. The number of carbonyl (C=O) groups is 1. The molecule has 0 unspecified atom stereocenters. The van der Waals surface area contributed by atoms with Crippen LogP contribution in [0.5, 0.6) is 0 Å². The molecule has 0 radical (unpaired) electrons. The molecule has 6 heteroatoms. The van der Waals surface area contributed by atoms with Gasteiger partial charge in [-0.25, -0.2) is 14.3 Å². The van der Waals surface area contributed by atoms with Crippen LogP contribution >= 0.6 is 0 Å². The average molecular weight is 324 g/mol. The van der Waals surface area contributed by atoms with Crippen molar-refractivity contribution < 1.29 is 14.0 Å². The van der Waals surface area contributed by atoms with Crippen LogP contribution in [0.25, 0.3) is 0 Å². The van der Waals surface area contributed by atoms with E-state index in [9.17, 15) is 4.79 Å². The van der Waals surface area contributed by atoms with Gasteiger partial charge in [0.05, 0.1) is 0 Å². The monoisotopic (exact) mass is 324 g/mol. The van der Waals surface area contributed by atoms with E-state index in [4.69, 9.17) is 9.16 Å². The summed E-state index contributed by atoms with van der Waals surface area (Å²) < 4.78 is 13.3. The Hall–Kier alpha value is -1.14. The van der Waals surface area contributed by atoms with Crippen LogP contribution in [0.2, 0.25) is 18.1 Å². The molecule has 0 aromatic carbocycles. The number of imidazole rings is 1. The summed E-state index contributed by atoms with van der Waals surface area (Å²) in [5.74, 6) is 0. The average Bonchev–Trinajstić information content (AvgIpc) is 2.93. The summed E-state index contributed by atoms with van der Waals surface area (Å²) in [4.78, 5) is 15.8. The normalized spacial score (nSPS) is 23.3. The Morgan fingerprint density at radius 1 is 1.18 bits per heavy atom. The number of carbonyl (C=O) groups excluding carboxylic acids is 1. The van der Waals surface area contributed by atoms with E-state index in [1.807, 2.05) is 0 Å². The first-order chi connectivity index (χ1) is 10.2. The van der Waals surface area contributed by atoms with Crippen molar-refractivity contribution >= 4 is 14.4 Å². The van der Waals surface area contributed by atoms with Gasteiger partial charge < -0.3 is 9.16 Å². The van der Waals surface area contributed by atoms with Crippen molar-refractivity contribution in [1.82, 2.24) is 9.55 Å². The fraction of sp³-hybridized carbons (Fsp3) is 0.750. The number of nitrogens with zero attached hydrogens (tertiary/aromatic N) is 2. The van der Waals surface area contributed by atoms with Gasteiger partial charge in [-0.3, -0.25) is 0 Å². The molecule has 0 spiro atoms. The van der Waals surface area contributed by atoms with E-state index in [0.717, 1.165) is 25.7 Å². The molecule has 1 aliphatic carbocycles. The maximum Gasteiger partial charge on any atom is 0.419 e. The van der Waals surface area contributed by atoms with Gasteiger partial charge in [-0.1, -0.05) is 20.8 Å². The minimum atomic E-state index is -1.71. The van der Waals surface area contributed by atoms with Gasteiger partial charge in [0.15, 0.2) is 8.32 Å². The Balaban J connectivity index is 1.80. The van der Waals surface area contributed by atoms with E-state index in [-0.39, 0.29) is 17.2 Å². The zero-order chi connectivity index (χ0) is 16.4. The summed E-state index contributed by atoms with van der Waals surface area (Å²) in [5.41, 5.74) is 0. The summed E-state index contributed by atoms with van der Waals surface area (Å²) in [6, 6.07) is 0. The minimum absolute atomic E-state index is 0.00540. The van der Waals surface area contributed by atoms with E-state index in [2.05, 4.69) is 38.8 Å². The van der Waals surface area contributed by atoms with Crippen molar-refractivity contribution in [2.45, 2.75) is 76.8 Å². The van der Waals surface area contributed by atoms with Crippen molar-refractivity contribution in [2.75, 3.05) is 0 Å². The molecule has 1 heterocycles. The Kier molecular flexibility index (Phi) is 5.12. The topological polar surface area (TPSA) is 53.4 Å². The lowest BCUT2D eigenvalue weighted by atomic mass is 9.95. The van der Waals surface area contributed by atoms with E-state index in [0.29, 0.717) is 6.10 Å². The molecular formula is C16H28N2O3Si. The van der Waals surface area contributed by atoms with Gasteiger partial charge in [0.1, 0.15) is 12.4 Å². The Morgan fingerprint density at radius 3 is 2.27 bits per heavy atom. The van der Waals surface area contributed by atoms with Crippen LogP contribution in [0.3, 0.4) is 0 Å². The molecule has 1 saturated carbocycles. The quantitative estimate of drug-likeness (QED) is 0.782. The fourth-order valence-electron chi connectivity index (χ4n) is 2.43. The molecule has 1 aromatic heterocycles. The highest BCUT2D eigenvalue weighted by molar-refractivity contribution is 6.74. The molecule has 0 atom stereocenters. The molecule has 0 N–H and O–H groups in total. The molecule has 124 valence electrons. The van der Waals surface area contributed by atoms with Crippen molar-refractivity contribution in [3.8, 4) is 0 Å². The van der Waals surface area contributed by atoms with Crippen LogP contribution in [0.15, 0.2) is 18.7 Å². The van der Waals surface area contributed by atoms with Crippen LogP contribution in [-0.2, 0) is 9.16 Å². The number of rotatable bonds is 3. The Bertz CT molecular complexity index is 486. The predicted molar refractivity (Wildman–Crippen MR) is 88.4 cm³/mol. The maximum absolute atomic E-state index is 11.9. The fourth-order valence-corrected chi connectivity index (χ4v) is 3.85. The number of ether oxygens (including phenoxy) is 1. The zero-order valence-corrected chi connectivity index (χ0v) is 15.3. The third-order valence-corrected chi connectivity index (χ3v) is 9.41. The summed E-state index contributed by atoms with van der Waals surface area (Å²) in [7, 11) is -1.71. The lowest BCUT2D eigenvalue weighted by Crippen LogP contribution is -2.45. The summed E-state index contributed by atoms with van der Waals surface area (Å²) in [6.07, 6.45) is 8.29. The van der Waals surface area contributed by atoms with Crippen LogP contribution in [0, 0.1) is 0 Å². The summed E-state index contributed by atoms with van der Waals surface area (Å²) >= 11 is 0. The molecule has 0 bridgehead atoms. The Labute approximate surface area is 134 Å². The van der Waals surface area contributed by atoms with Crippen molar-refractivity contribution in [3.63, 3.8) is 0 Å². The first kappa shape index (κ1) is 17.2. The number of hydrogen-bond donors (Lipinski definition) is 0. The summed E-state index contributed by atoms with van der Waals surface area (Å²) in [6.45, 7) is 11.4. The molecule has 22 heavy (non-hydrogen) atoms. The lowest BCUT2D eigenvalue weighted by Gasteiger charge is -2.41. The third-order valence-electron chi connectivity index (χ3n) is 4.87. The molecule has 1 aromatic rings. The van der Waals surface area contributed by atoms with E-state index in [1.54, 1.807) is 12.4 Å². The second kappa shape index (κ2) is 6.54. The number of hydrogen-bond acceptors (Lipinski definition) is 4. The smallest absolute Gasteiger partial charge is 0.419 e. The van der Waals surface area contributed by atoms with E-state index >= 15 is 0 Å². The predicted octanol–water partition coefficient (Wildman–Crippen LogP) is 4.20. The van der Waals surface area contributed by atoms with Gasteiger partial charge >= 0.3 is 6.09 Å². The van der Waals surface area contributed by atoms with Crippen LogP contribution in [0.4, 0.5) is 4.79 Å². The van der Waals surface area contributed by atoms with E-state index in [1.165, 1.54) is 10.9 Å². The van der Waals surface area contributed by atoms with Gasteiger partial charge in [-0.2, -0.15) is 0 Å². The highest BCUT2D eigenvalue weighted by Gasteiger charge is 2.40. The molecule has 0 saturated heterocycles. The lowest BCUT2D eigenvalue weighted by molar-refractivity contribution is 0.0387. The van der Waals surface area contributed by atoms with Crippen LogP contribution in [0.1, 0.15) is 46.5 Å². The molecule has 0 aliphatic heterocycles. The number of aromatic nitrogens is 2. The standard InChI is InChI=1S/C16H28N2O3Si/c1-16(2,3)22(4,5)21-14-8-6-13(7-9-14)20-15(19)18-11-10-17-12-18/h10-14H,6-9H2,1-5H3/t13-,14+. The molecule has 1 fully saturated rings. The largest absolute Gasteiger partial charge is 0.446 e. The van der Waals surface area contributed by atoms with Crippen LogP contribution in [-0.4, -0.2) is 36.2 Å². The second-order valence-corrected chi connectivity index (χ2v) is 12.4. The highest BCUT2D eigenvalue weighted by atomic mass is 28.4. The minimum Gasteiger partial charge on any atom is -0.446 e. The SMILES string of the molecule is CC(C)(C)[Si](C)(C)O[C@H]1CC[C@@H](OC(=O)n2ccnc2)CC1. The van der Waals surface area contributed by atoms with Crippen molar-refractivity contribution in [3.05, 3.63) is 18.7 Å². The van der Waals surface area contributed by atoms with Gasteiger partial charge in [0.2, 0.25) is 0 Å². The molecule has 0 amide bonds. The van der Waals surface area contributed by atoms with Gasteiger partial charge in [0, 0.05) is 18.5 Å². The van der Waals surface area contributed by atoms with Crippen LogP contribution < -0.4 is 0 Å². The highest BCUT2D eigenvalue weighted by Crippen LogP contribution is 2.39. The van der Waals surface area contributed by atoms with Gasteiger partial charge in [0.25, 0.3) is 0 Å². The van der Waals surface area contributed by atoms with E-state index < -0.39 is 8.32 Å². The zero-order valence-electron chi connectivity index (χ0n) is 14.3. The first-order valence-corrected chi connectivity index (χ1v) is 11.0. The van der Waals surface area contributed by atoms with Crippen molar-refractivity contribution in [1.29, 1.82) is 0 Å². The third kappa shape index (κ3) is 4.20. The van der Waals surface area contributed by atoms with Gasteiger partial charge in [-0.15, -0.1) is 0 Å². The molecule has 5 nitrogen and oxygen atoms in total. The molecule has 2 rings (SSSR count). The second-order valence-electron chi connectivity index (χ2n) is 7.63. The summed E-state index contributed by atoms with van der Waals surface area (Å²) in [5, 5.41) is 0.234. The first-order valence-electron chi connectivity index (χ1n) is 8.06. The maximum atomic E-state index is 11.9. The van der Waals surface area contributed by atoms with Gasteiger partial charge in [-0.05, 0) is 43.8 Å². The van der Waals surface area contributed by atoms with Crippen molar-refractivity contribution in [2.24, 2.45) is 0 Å². The molecule has 1 aliphatic rings. The Morgan fingerprint density at radius 2 is 1.77 bits per heavy atom.